The Hall–Kier alpha value is -0.350. The highest BCUT2D eigenvalue weighted by molar-refractivity contribution is 8.16. The van der Waals surface area contributed by atoms with Crippen LogP contribution >= 0.6 is 47.4 Å². The highest BCUT2D eigenvalue weighted by Crippen LogP contribution is 2.33. The first-order valence-electron chi connectivity index (χ1n) is 5.78. The molecule has 1 unspecified atom stereocenters. The van der Waals surface area contributed by atoms with Crippen LogP contribution in [0.15, 0.2) is 40.4 Å². The zero-order chi connectivity index (χ0) is 12.5. The van der Waals surface area contributed by atoms with Crippen molar-refractivity contribution in [2.45, 2.75) is 12.5 Å². The number of hydrogen-bond donors (Lipinski definition) is 0. The Morgan fingerprint density at radius 1 is 1.37 bits per heavy atom. The molecule has 2 nitrogen and oxygen atoms in total. The lowest BCUT2D eigenvalue weighted by atomic mass is 10.1. The zero-order valence-electron chi connectivity index (χ0n) is 10.1. The molecule has 0 spiro atoms. The fourth-order valence-electron chi connectivity index (χ4n) is 2.21. The maximum Gasteiger partial charge on any atom is 0.168 e. The van der Waals surface area contributed by atoms with Crippen LogP contribution in [-0.4, -0.2) is 28.5 Å². The molecule has 2 aliphatic heterocycles. The molecular formula is C13H13Cl3N2S. The highest BCUT2D eigenvalue weighted by atomic mass is 35.5. The summed E-state index contributed by atoms with van der Waals surface area (Å²) in [6.45, 7) is 0.909. The van der Waals surface area contributed by atoms with Gasteiger partial charge in [-0.2, -0.15) is 0 Å². The van der Waals surface area contributed by atoms with Gasteiger partial charge >= 0.3 is 0 Å². The molecule has 1 atom stereocenters. The fourth-order valence-corrected chi connectivity index (χ4v) is 3.71. The van der Waals surface area contributed by atoms with Gasteiger partial charge in [0, 0.05) is 17.3 Å². The van der Waals surface area contributed by atoms with Crippen molar-refractivity contribution in [3.8, 4) is 0 Å². The van der Waals surface area contributed by atoms with Crippen molar-refractivity contribution in [3.63, 3.8) is 0 Å². The molecule has 0 saturated heterocycles. The largest absolute Gasteiger partial charge is 0.321 e. The van der Waals surface area contributed by atoms with Crippen molar-refractivity contribution in [2.24, 2.45) is 4.99 Å². The molecule has 6 heteroatoms. The van der Waals surface area contributed by atoms with E-state index in [0.29, 0.717) is 5.88 Å². The summed E-state index contributed by atoms with van der Waals surface area (Å²) in [5, 5.41) is 3.98. The highest BCUT2D eigenvalue weighted by Gasteiger charge is 2.31. The molecule has 3 rings (SSSR count). The predicted octanol–water partition coefficient (Wildman–Crippen LogP) is 4.17. The number of aliphatic imine (C=N–C) groups is 1. The maximum absolute atomic E-state index is 6.18. The molecule has 0 radical (unpaired) electrons. The molecule has 2 aliphatic rings. The van der Waals surface area contributed by atoms with Crippen molar-refractivity contribution in [1.82, 2.24) is 4.90 Å². The van der Waals surface area contributed by atoms with E-state index >= 15 is 0 Å². The van der Waals surface area contributed by atoms with E-state index in [1.54, 1.807) is 11.8 Å². The van der Waals surface area contributed by atoms with Crippen LogP contribution in [-0.2, 0) is 6.42 Å². The smallest absolute Gasteiger partial charge is 0.168 e. The third-order valence-corrected chi connectivity index (χ3v) is 4.68. The Balaban J connectivity index is 0.00000133. The van der Waals surface area contributed by atoms with E-state index in [-0.39, 0.29) is 18.4 Å². The summed E-state index contributed by atoms with van der Waals surface area (Å²) in [4.78, 5) is 6.93. The van der Waals surface area contributed by atoms with Crippen LogP contribution in [0.1, 0.15) is 5.56 Å². The number of amidine groups is 1. The SMILES string of the molecule is Cl.ClCC1=CSC2=NC(Cc3ccccc3Cl)CN12. The molecule has 2 heterocycles. The topological polar surface area (TPSA) is 15.6 Å². The average Bonchev–Trinajstić information content (AvgIpc) is 2.91. The number of nitrogens with zero attached hydrogens (tertiary/aromatic N) is 2. The molecule has 102 valence electrons. The lowest BCUT2D eigenvalue weighted by molar-refractivity contribution is 0.511. The van der Waals surface area contributed by atoms with Gasteiger partial charge in [-0.3, -0.25) is 4.99 Å². The first-order valence-corrected chi connectivity index (χ1v) is 7.57. The Labute approximate surface area is 133 Å². The third kappa shape index (κ3) is 3.05. The van der Waals surface area contributed by atoms with E-state index < -0.39 is 0 Å². The summed E-state index contributed by atoms with van der Waals surface area (Å²) >= 11 is 13.7. The minimum absolute atomic E-state index is 0. The molecular weight excluding hydrogens is 323 g/mol. The standard InChI is InChI=1S/C13H12Cl2N2S.ClH/c14-6-11-8-18-13-16-10(7-17(11)13)5-9-3-1-2-4-12(9)15;/h1-4,8,10H,5-7H2;1H. The molecule has 0 amide bonds. The summed E-state index contributed by atoms with van der Waals surface area (Å²) in [6, 6.07) is 8.24. The lowest BCUT2D eigenvalue weighted by Gasteiger charge is -2.16. The van der Waals surface area contributed by atoms with Gasteiger partial charge < -0.3 is 4.90 Å². The van der Waals surface area contributed by atoms with Crippen LogP contribution < -0.4 is 0 Å². The number of rotatable bonds is 3. The van der Waals surface area contributed by atoms with Crippen molar-refractivity contribution in [3.05, 3.63) is 46.0 Å². The van der Waals surface area contributed by atoms with Crippen molar-refractivity contribution >= 4 is 52.5 Å². The first-order chi connectivity index (χ1) is 8.78. The van der Waals surface area contributed by atoms with Gasteiger partial charge in [-0.05, 0) is 23.5 Å². The van der Waals surface area contributed by atoms with Gasteiger partial charge in [0.1, 0.15) is 0 Å². The third-order valence-electron chi connectivity index (χ3n) is 3.11. The van der Waals surface area contributed by atoms with Gasteiger partial charge in [0.15, 0.2) is 5.17 Å². The van der Waals surface area contributed by atoms with Crippen LogP contribution in [0.5, 0.6) is 0 Å². The fraction of sp³-hybridized carbons (Fsp3) is 0.308. The van der Waals surface area contributed by atoms with Crippen LogP contribution in [0.4, 0.5) is 0 Å². The maximum atomic E-state index is 6.18. The Kier molecular flexibility index (Phi) is 5.07. The number of alkyl halides is 1. The van der Waals surface area contributed by atoms with Crippen molar-refractivity contribution in [2.75, 3.05) is 12.4 Å². The average molecular weight is 336 g/mol. The summed E-state index contributed by atoms with van der Waals surface area (Å²) in [6.07, 6.45) is 0.885. The number of benzene rings is 1. The van der Waals surface area contributed by atoms with E-state index in [1.165, 1.54) is 0 Å². The first kappa shape index (κ1) is 15.0. The molecule has 0 fully saturated rings. The number of thioether (sulfide) groups is 1. The summed E-state index contributed by atoms with van der Waals surface area (Å²) in [5.41, 5.74) is 2.32. The normalized spacial score (nSPS) is 20.7. The van der Waals surface area contributed by atoms with Crippen LogP contribution in [0.25, 0.3) is 0 Å². The second-order valence-electron chi connectivity index (χ2n) is 4.33. The van der Waals surface area contributed by atoms with Crippen LogP contribution in [0.3, 0.4) is 0 Å². The van der Waals surface area contributed by atoms with E-state index in [2.05, 4.69) is 16.4 Å². The van der Waals surface area contributed by atoms with E-state index in [4.69, 9.17) is 28.2 Å². The second kappa shape index (κ2) is 6.40. The number of allylic oxidation sites excluding steroid dienone is 1. The summed E-state index contributed by atoms with van der Waals surface area (Å²) in [5.74, 6) is 0.546. The molecule has 0 N–H and O–H groups in total. The number of halogens is 3. The van der Waals surface area contributed by atoms with Crippen LogP contribution in [0.2, 0.25) is 5.02 Å². The molecule has 0 bridgehead atoms. The minimum Gasteiger partial charge on any atom is -0.321 e. The van der Waals surface area contributed by atoms with Crippen molar-refractivity contribution in [1.29, 1.82) is 0 Å². The van der Waals surface area contributed by atoms with Gasteiger partial charge in [-0.25, -0.2) is 0 Å². The number of fused-ring (bicyclic) bond motifs is 1. The van der Waals surface area contributed by atoms with E-state index in [1.807, 2.05) is 18.2 Å². The second-order valence-corrected chi connectivity index (χ2v) is 5.84. The van der Waals surface area contributed by atoms with Gasteiger partial charge in [-0.15, -0.1) is 24.0 Å². The van der Waals surface area contributed by atoms with Crippen molar-refractivity contribution < 1.29 is 0 Å². The molecule has 0 aromatic heterocycles. The Morgan fingerprint density at radius 3 is 2.89 bits per heavy atom. The van der Waals surface area contributed by atoms with Gasteiger partial charge in [-0.1, -0.05) is 41.6 Å². The summed E-state index contributed by atoms with van der Waals surface area (Å²) in [7, 11) is 0. The summed E-state index contributed by atoms with van der Waals surface area (Å²) < 4.78 is 0. The number of hydrogen-bond acceptors (Lipinski definition) is 3. The molecule has 0 saturated carbocycles. The monoisotopic (exact) mass is 334 g/mol. The molecule has 1 aromatic carbocycles. The van der Waals surface area contributed by atoms with Gasteiger partial charge in [0.2, 0.25) is 0 Å². The molecule has 19 heavy (non-hydrogen) atoms. The lowest BCUT2D eigenvalue weighted by Crippen LogP contribution is -2.25. The van der Waals surface area contributed by atoms with Gasteiger partial charge in [0.25, 0.3) is 0 Å². The zero-order valence-corrected chi connectivity index (χ0v) is 13.2. The Morgan fingerprint density at radius 2 is 2.16 bits per heavy atom. The van der Waals surface area contributed by atoms with Gasteiger partial charge in [0.05, 0.1) is 11.9 Å². The predicted molar refractivity (Wildman–Crippen MR) is 86.7 cm³/mol. The molecule has 1 aromatic rings. The van der Waals surface area contributed by atoms with E-state index in [0.717, 1.165) is 34.4 Å². The van der Waals surface area contributed by atoms with Crippen LogP contribution in [0, 0.1) is 0 Å². The molecule has 0 aliphatic carbocycles. The van der Waals surface area contributed by atoms with E-state index in [9.17, 15) is 0 Å². The quantitative estimate of drug-likeness (QED) is 0.770. The minimum atomic E-state index is 0. The Bertz CT molecular complexity index is 530.